The van der Waals surface area contributed by atoms with Gasteiger partial charge in [0, 0.05) is 18.9 Å². The smallest absolute Gasteiger partial charge is 0.417 e. The molecule has 2 aromatic rings. The molecule has 6 nitrogen and oxygen atoms in total. The standard InChI is InChI=1S/C19H20F3NO5/c1-3-25-10-11-26-18(24)13(2)27-15-5-7-16(8-6-15)28-17-9-4-14(12-23-17)19(20,21)22/h4-9,12-13H,3,10-11H2,1-2H3. The van der Waals surface area contributed by atoms with E-state index in [1.807, 2.05) is 6.92 Å². The van der Waals surface area contributed by atoms with Crippen molar-refractivity contribution in [2.24, 2.45) is 0 Å². The molecule has 0 aliphatic rings. The Balaban J connectivity index is 1.86. The fourth-order valence-corrected chi connectivity index (χ4v) is 2.03. The van der Waals surface area contributed by atoms with Crippen molar-refractivity contribution in [1.29, 1.82) is 0 Å². The summed E-state index contributed by atoms with van der Waals surface area (Å²) in [5.41, 5.74) is -0.856. The maximum Gasteiger partial charge on any atom is 0.417 e. The Hall–Kier alpha value is -2.81. The van der Waals surface area contributed by atoms with Gasteiger partial charge in [0.15, 0.2) is 6.10 Å². The summed E-state index contributed by atoms with van der Waals surface area (Å²) >= 11 is 0. The number of nitrogens with zero attached hydrogens (tertiary/aromatic N) is 1. The van der Waals surface area contributed by atoms with Gasteiger partial charge in [0.1, 0.15) is 18.1 Å². The van der Waals surface area contributed by atoms with Crippen LogP contribution in [-0.2, 0) is 20.4 Å². The van der Waals surface area contributed by atoms with Crippen molar-refractivity contribution in [3.05, 3.63) is 48.2 Å². The third-order valence-corrected chi connectivity index (χ3v) is 3.43. The van der Waals surface area contributed by atoms with Crippen LogP contribution in [0.25, 0.3) is 0 Å². The van der Waals surface area contributed by atoms with Gasteiger partial charge in [0.05, 0.1) is 12.2 Å². The average molecular weight is 399 g/mol. The maximum absolute atomic E-state index is 12.5. The molecule has 9 heteroatoms. The first-order valence-electron chi connectivity index (χ1n) is 8.51. The predicted octanol–water partition coefficient (Wildman–Crippen LogP) is 4.24. The minimum Gasteiger partial charge on any atom is -0.479 e. The van der Waals surface area contributed by atoms with Crippen LogP contribution in [0.15, 0.2) is 42.6 Å². The summed E-state index contributed by atoms with van der Waals surface area (Å²) in [5, 5.41) is 0. The number of benzene rings is 1. The third-order valence-electron chi connectivity index (χ3n) is 3.43. The van der Waals surface area contributed by atoms with E-state index >= 15 is 0 Å². The average Bonchev–Trinajstić information content (AvgIpc) is 2.66. The highest BCUT2D eigenvalue weighted by molar-refractivity contribution is 5.74. The van der Waals surface area contributed by atoms with Crippen LogP contribution in [0.3, 0.4) is 0 Å². The molecule has 152 valence electrons. The quantitative estimate of drug-likeness (QED) is 0.464. The number of rotatable bonds is 9. The van der Waals surface area contributed by atoms with E-state index in [4.69, 9.17) is 18.9 Å². The number of carbonyl (C=O) groups is 1. The molecule has 1 aromatic heterocycles. The second-order valence-corrected chi connectivity index (χ2v) is 5.58. The molecule has 0 aliphatic heterocycles. The Labute approximate surface area is 160 Å². The lowest BCUT2D eigenvalue weighted by atomic mass is 10.3. The first-order chi connectivity index (χ1) is 13.3. The molecule has 1 aromatic carbocycles. The number of carbonyl (C=O) groups excluding carboxylic acids is 1. The molecule has 0 N–H and O–H groups in total. The van der Waals surface area contributed by atoms with Crippen LogP contribution in [0.5, 0.6) is 17.4 Å². The van der Waals surface area contributed by atoms with Crippen LogP contribution in [0, 0.1) is 0 Å². The topological polar surface area (TPSA) is 66.9 Å². The number of alkyl halides is 3. The molecule has 0 bridgehead atoms. The third kappa shape index (κ3) is 6.73. The Morgan fingerprint density at radius 2 is 1.75 bits per heavy atom. The van der Waals surface area contributed by atoms with E-state index in [0.29, 0.717) is 30.9 Å². The molecule has 0 saturated carbocycles. The second kappa shape index (κ2) is 9.93. The molecule has 1 heterocycles. The van der Waals surface area contributed by atoms with E-state index in [0.717, 1.165) is 12.1 Å². The largest absolute Gasteiger partial charge is 0.479 e. The van der Waals surface area contributed by atoms with Crippen molar-refractivity contribution in [2.75, 3.05) is 19.8 Å². The predicted molar refractivity (Wildman–Crippen MR) is 93.3 cm³/mol. The number of hydrogen-bond acceptors (Lipinski definition) is 6. The minimum atomic E-state index is -4.45. The summed E-state index contributed by atoms with van der Waals surface area (Å²) in [7, 11) is 0. The SMILES string of the molecule is CCOCCOC(=O)C(C)Oc1ccc(Oc2ccc(C(F)(F)F)cn2)cc1. The lowest BCUT2D eigenvalue weighted by Crippen LogP contribution is -2.27. The highest BCUT2D eigenvalue weighted by Crippen LogP contribution is 2.30. The molecule has 0 amide bonds. The summed E-state index contributed by atoms with van der Waals surface area (Å²) in [6.07, 6.45) is -4.57. The van der Waals surface area contributed by atoms with Crippen molar-refractivity contribution in [2.45, 2.75) is 26.1 Å². The van der Waals surface area contributed by atoms with Gasteiger partial charge in [-0.3, -0.25) is 0 Å². The van der Waals surface area contributed by atoms with E-state index in [-0.39, 0.29) is 12.5 Å². The molecule has 0 spiro atoms. The fourth-order valence-electron chi connectivity index (χ4n) is 2.03. The van der Waals surface area contributed by atoms with Crippen LogP contribution < -0.4 is 9.47 Å². The van der Waals surface area contributed by atoms with Gasteiger partial charge in [-0.15, -0.1) is 0 Å². The molecule has 1 unspecified atom stereocenters. The highest BCUT2D eigenvalue weighted by atomic mass is 19.4. The highest BCUT2D eigenvalue weighted by Gasteiger charge is 2.30. The molecule has 0 radical (unpaired) electrons. The first kappa shape index (κ1) is 21.5. The number of pyridine rings is 1. The number of esters is 1. The molecule has 0 aliphatic carbocycles. The first-order valence-corrected chi connectivity index (χ1v) is 8.51. The zero-order valence-electron chi connectivity index (χ0n) is 15.4. The van der Waals surface area contributed by atoms with Crippen LogP contribution in [0.2, 0.25) is 0 Å². The van der Waals surface area contributed by atoms with E-state index < -0.39 is 23.8 Å². The van der Waals surface area contributed by atoms with Gasteiger partial charge in [-0.2, -0.15) is 13.2 Å². The monoisotopic (exact) mass is 399 g/mol. The summed E-state index contributed by atoms with van der Waals surface area (Å²) in [5.74, 6) is 0.260. The Kier molecular flexibility index (Phi) is 7.62. The van der Waals surface area contributed by atoms with Crippen LogP contribution in [0.4, 0.5) is 13.2 Å². The van der Waals surface area contributed by atoms with Crippen LogP contribution in [-0.4, -0.2) is 36.9 Å². The summed E-state index contributed by atoms with van der Waals surface area (Å²) in [4.78, 5) is 15.4. The maximum atomic E-state index is 12.5. The molecule has 2 rings (SSSR count). The lowest BCUT2D eigenvalue weighted by Gasteiger charge is -2.14. The van der Waals surface area contributed by atoms with Gasteiger partial charge in [-0.1, -0.05) is 0 Å². The zero-order chi connectivity index (χ0) is 20.6. The number of hydrogen-bond donors (Lipinski definition) is 0. The van der Waals surface area contributed by atoms with E-state index in [2.05, 4.69) is 4.98 Å². The molecule has 0 fully saturated rings. The van der Waals surface area contributed by atoms with E-state index in [9.17, 15) is 18.0 Å². The number of ether oxygens (including phenoxy) is 4. The Bertz CT molecular complexity index is 748. The molecule has 1 atom stereocenters. The van der Waals surface area contributed by atoms with Gasteiger partial charge in [-0.05, 0) is 44.2 Å². The summed E-state index contributed by atoms with van der Waals surface area (Å²) in [6, 6.07) is 8.22. The van der Waals surface area contributed by atoms with Gasteiger partial charge in [0.2, 0.25) is 5.88 Å². The minimum absolute atomic E-state index is 0.0212. The van der Waals surface area contributed by atoms with E-state index in [1.54, 1.807) is 31.2 Å². The normalized spacial score (nSPS) is 12.3. The summed E-state index contributed by atoms with van der Waals surface area (Å²) in [6.45, 7) is 4.40. The molecular formula is C19H20F3NO5. The Morgan fingerprint density at radius 1 is 1.07 bits per heavy atom. The van der Waals surface area contributed by atoms with Gasteiger partial charge in [0.25, 0.3) is 0 Å². The van der Waals surface area contributed by atoms with Crippen molar-refractivity contribution < 1.29 is 36.9 Å². The lowest BCUT2D eigenvalue weighted by molar-refractivity contribution is -0.152. The van der Waals surface area contributed by atoms with Gasteiger partial charge < -0.3 is 18.9 Å². The van der Waals surface area contributed by atoms with Gasteiger partial charge in [-0.25, -0.2) is 9.78 Å². The Morgan fingerprint density at radius 3 is 2.32 bits per heavy atom. The second-order valence-electron chi connectivity index (χ2n) is 5.58. The molecule has 28 heavy (non-hydrogen) atoms. The van der Waals surface area contributed by atoms with Crippen molar-refractivity contribution in [3.63, 3.8) is 0 Å². The molecule has 0 saturated heterocycles. The van der Waals surface area contributed by atoms with Crippen molar-refractivity contribution in [3.8, 4) is 17.4 Å². The van der Waals surface area contributed by atoms with Gasteiger partial charge >= 0.3 is 12.1 Å². The summed E-state index contributed by atoms with van der Waals surface area (Å²) < 4.78 is 58.5. The van der Waals surface area contributed by atoms with Crippen LogP contribution >= 0.6 is 0 Å². The van der Waals surface area contributed by atoms with Crippen molar-refractivity contribution in [1.82, 2.24) is 4.98 Å². The fraction of sp³-hybridized carbons (Fsp3) is 0.368. The van der Waals surface area contributed by atoms with E-state index in [1.165, 1.54) is 0 Å². The molecular weight excluding hydrogens is 379 g/mol. The van der Waals surface area contributed by atoms with Crippen LogP contribution in [0.1, 0.15) is 19.4 Å². The number of aromatic nitrogens is 1. The number of halogens is 3. The zero-order valence-corrected chi connectivity index (χ0v) is 15.4. The van der Waals surface area contributed by atoms with Crippen molar-refractivity contribution >= 4 is 5.97 Å².